The molecule has 21 heavy (non-hydrogen) atoms. The van der Waals surface area contributed by atoms with Gasteiger partial charge in [0, 0.05) is 11.7 Å². The Morgan fingerprint density at radius 3 is 2.33 bits per heavy atom. The molecule has 0 atom stereocenters. The van der Waals surface area contributed by atoms with Crippen LogP contribution in [-0.2, 0) is 12.8 Å². The van der Waals surface area contributed by atoms with Gasteiger partial charge in [-0.2, -0.15) is 0 Å². The molecule has 2 nitrogen and oxygen atoms in total. The Labute approximate surface area is 131 Å². The van der Waals surface area contributed by atoms with E-state index in [9.17, 15) is 0 Å². The lowest BCUT2D eigenvalue weighted by atomic mass is 10.1. The van der Waals surface area contributed by atoms with E-state index in [1.807, 2.05) is 0 Å². The third-order valence-electron chi connectivity index (χ3n) is 4.24. The van der Waals surface area contributed by atoms with Crippen molar-refractivity contribution >= 4 is 23.0 Å². The first kappa shape index (κ1) is 14.1. The minimum Gasteiger partial charge on any atom is -0.359 e. The van der Waals surface area contributed by atoms with Crippen molar-refractivity contribution in [2.24, 2.45) is 0 Å². The highest BCUT2D eigenvalue weighted by molar-refractivity contribution is 7.80. The monoisotopic (exact) mass is 296 g/mol. The Balaban J connectivity index is 1.62. The largest absolute Gasteiger partial charge is 0.359 e. The van der Waals surface area contributed by atoms with Crippen molar-refractivity contribution in [1.82, 2.24) is 5.32 Å². The molecular weight excluding hydrogens is 276 g/mol. The molecule has 1 aliphatic rings. The summed E-state index contributed by atoms with van der Waals surface area (Å²) in [5.74, 6) is 0. The molecule has 0 saturated heterocycles. The van der Waals surface area contributed by atoms with Crippen LogP contribution in [0.4, 0.5) is 5.69 Å². The van der Waals surface area contributed by atoms with Gasteiger partial charge in [-0.25, -0.2) is 0 Å². The van der Waals surface area contributed by atoms with Crippen LogP contribution in [0.3, 0.4) is 0 Å². The summed E-state index contributed by atoms with van der Waals surface area (Å²) < 4.78 is 0. The molecule has 0 spiro atoms. The molecular formula is C18H20N2S. The number of aryl methyl sites for hydroxylation is 1. The van der Waals surface area contributed by atoms with Crippen molar-refractivity contribution in [2.75, 3.05) is 5.32 Å². The molecule has 0 fully saturated rings. The number of thiocarbonyl (C=S) groups is 1. The van der Waals surface area contributed by atoms with E-state index in [0.29, 0.717) is 11.2 Å². The van der Waals surface area contributed by atoms with Crippen molar-refractivity contribution in [3.8, 4) is 0 Å². The third-order valence-corrected chi connectivity index (χ3v) is 4.46. The second-order valence-electron chi connectivity index (χ2n) is 5.72. The maximum absolute atomic E-state index is 5.46. The molecule has 0 aromatic heterocycles. The molecule has 2 aromatic carbocycles. The van der Waals surface area contributed by atoms with Crippen molar-refractivity contribution in [3.05, 3.63) is 64.7 Å². The molecule has 2 aromatic rings. The molecule has 3 rings (SSSR count). The molecule has 0 amide bonds. The van der Waals surface area contributed by atoms with Crippen molar-refractivity contribution in [1.29, 1.82) is 0 Å². The topological polar surface area (TPSA) is 24.1 Å². The maximum Gasteiger partial charge on any atom is 0.171 e. The summed E-state index contributed by atoms with van der Waals surface area (Å²) in [6, 6.07) is 15.3. The number of hydrogen-bond donors (Lipinski definition) is 2. The second-order valence-corrected chi connectivity index (χ2v) is 6.13. The molecule has 0 bridgehead atoms. The highest BCUT2D eigenvalue weighted by Gasteiger charge is 2.21. The molecule has 108 valence electrons. The van der Waals surface area contributed by atoms with Crippen LogP contribution in [0.2, 0.25) is 0 Å². The smallest absolute Gasteiger partial charge is 0.171 e. The van der Waals surface area contributed by atoms with E-state index in [4.69, 9.17) is 12.2 Å². The lowest BCUT2D eigenvalue weighted by Gasteiger charge is -2.17. The zero-order chi connectivity index (χ0) is 14.8. The molecule has 0 heterocycles. The number of hydrogen-bond acceptors (Lipinski definition) is 1. The summed E-state index contributed by atoms with van der Waals surface area (Å²) in [6.45, 7) is 4.23. The van der Waals surface area contributed by atoms with E-state index in [2.05, 4.69) is 66.9 Å². The normalized spacial score (nSPS) is 13.8. The van der Waals surface area contributed by atoms with Gasteiger partial charge in [0.25, 0.3) is 0 Å². The van der Waals surface area contributed by atoms with Gasteiger partial charge in [-0.15, -0.1) is 0 Å². The summed E-state index contributed by atoms with van der Waals surface area (Å²) in [5, 5.41) is 7.48. The van der Waals surface area contributed by atoms with Gasteiger partial charge in [-0.05, 0) is 67.2 Å². The van der Waals surface area contributed by atoms with E-state index >= 15 is 0 Å². The lowest BCUT2D eigenvalue weighted by Crippen LogP contribution is -2.38. The molecule has 1 aliphatic carbocycles. The van der Waals surface area contributed by atoms with Crippen LogP contribution in [0, 0.1) is 13.8 Å². The van der Waals surface area contributed by atoms with Gasteiger partial charge >= 0.3 is 0 Å². The standard InChI is InChI=1S/C18H20N2S/c1-12-6-5-9-17(13(12)2)20-18(21)19-16-10-14-7-3-4-8-15(14)11-16/h3-9,16H,10-11H2,1-2H3,(H2,19,20,21). The van der Waals surface area contributed by atoms with Crippen molar-refractivity contribution in [2.45, 2.75) is 32.7 Å². The molecule has 0 aliphatic heterocycles. The van der Waals surface area contributed by atoms with Crippen LogP contribution in [0.5, 0.6) is 0 Å². The Kier molecular flexibility index (Phi) is 3.93. The van der Waals surface area contributed by atoms with Crippen LogP contribution in [0.25, 0.3) is 0 Å². The highest BCUT2D eigenvalue weighted by Crippen LogP contribution is 2.22. The number of fused-ring (bicyclic) bond motifs is 1. The summed E-state index contributed by atoms with van der Waals surface area (Å²) in [6.07, 6.45) is 2.09. The number of nitrogens with one attached hydrogen (secondary N) is 2. The first-order chi connectivity index (χ1) is 10.1. The SMILES string of the molecule is Cc1cccc(NC(=S)NC2Cc3ccccc3C2)c1C. The van der Waals surface area contributed by atoms with E-state index < -0.39 is 0 Å². The van der Waals surface area contributed by atoms with Crippen molar-refractivity contribution < 1.29 is 0 Å². The number of anilines is 1. The average molecular weight is 296 g/mol. The second kappa shape index (κ2) is 5.86. The van der Waals surface area contributed by atoms with Gasteiger partial charge < -0.3 is 10.6 Å². The van der Waals surface area contributed by atoms with E-state index in [0.717, 1.165) is 18.5 Å². The lowest BCUT2D eigenvalue weighted by molar-refractivity contribution is 0.648. The predicted molar refractivity (Wildman–Crippen MR) is 92.9 cm³/mol. The number of rotatable bonds is 2. The van der Waals surface area contributed by atoms with Gasteiger partial charge in [0.1, 0.15) is 0 Å². The third kappa shape index (κ3) is 3.08. The van der Waals surface area contributed by atoms with E-state index in [-0.39, 0.29) is 0 Å². The van der Waals surface area contributed by atoms with Gasteiger partial charge in [0.05, 0.1) is 0 Å². The zero-order valence-electron chi connectivity index (χ0n) is 12.4. The van der Waals surface area contributed by atoms with Crippen LogP contribution in [0.1, 0.15) is 22.3 Å². The van der Waals surface area contributed by atoms with Crippen LogP contribution >= 0.6 is 12.2 Å². The van der Waals surface area contributed by atoms with E-state index in [1.165, 1.54) is 22.3 Å². The highest BCUT2D eigenvalue weighted by atomic mass is 32.1. The fourth-order valence-corrected chi connectivity index (χ4v) is 3.17. The van der Waals surface area contributed by atoms with Crippen LogP contribution in [0.15, 0.2) is 42.5 Å². The first-order valence-corrected chi connectivity index (χ1v) is 7.75. The first-order valence-electron chi connectivity index (χ1n) is 7.34. The molecule has 2 N–H and O–H groups in total. The summed E-state index contributed by atoms with van der Waals surface area (Å²) in [4.78, 5) is 0. The molecule has 3 heteroatoms. The summed E-state index contributed by atoms with van der Waals surface area (Å²) in [7, 11) is 0. The average Bonchev–Trinajstić information content (AvgIpc) is 2.86. The van der Waals surface area contributed by atoms with Gasteiger partial charge in [-0.1, -0.05) is 36.4 Å². The maximum atomic E-state index is 5.46. The quantitative estimate of drug-likeness (QED) is 0.825. The van der Waals surface area contributed by atoms with Crippen LogP contribution < -0.4 is 10.6 Å². The van der Waals surface area contributed by atoms with E-state index in [1.54, 1.807) is 0 Å². The molecule has 0 unspecified atom stereocenters. The Hall–Kier alpha value is -1.87. The Morgan fingerprint density at radius 2 is 1.67 bits per heavy atom. The zero-order valence-corrected chi connectivity index (χ0v) is 13.3. The van der Waals surface area contributed by atoms with Gasteiger partial charge in [0.2, 0.25) is 0 Å². The van der Waals surface area contributed by atoms with Crippen molar-refractivity contribution in [3.63, 3.8) is 0 Å². The fraction of sp³-hybridized carbons (Fsp3) is 0.278. The van der Waals surface area contributed by atoms with Crippen LogP contribution in [-0.4, -0.2) is 11.2 Å². The Morgan fingerprint density at radius 1 is 1.00 bits per heavy atom. The minimum absolute atomic E-state index is 0.396. The summed E-state index contributed by atoms with van der Waals surface area (Å²) in [5.41, 5.74) is 6.48. The molecule has 0 saturated carbocycles. The summed E-state index contributed by atoms with van der Waals surface area (Å²) >= 11 is 5.46. The number of benzene rings is 2. The predicted octanol–water partition coefficient (Wildman–Crippen LogP) is 3.76. The molecule has 0 radical (unpaired) electrons. The van der Waals surface area contributed by atoms with Gasteiger partial charge in [-0.3, -0.25) is 0 Å². The van der Waals surface area contributed by atoms with Gasteiger partial charge in [0.15, 0.2) is 5.11 Å². The minimum atomic E-state index is 0.396. The Bertz CT molecular complexity index is 654. The fourth-order valence-electron chi connectivity index (χ4n) is 2.89.